The Balaban J connectivity index is 1.63. The highest BCUT2D eigenvalue weighted by molar-refractivity contribution is 6.32. The number of hydrogen-bond acceptors (Lipinski definition) is 9. The van der Waals surface area contributed by atoms with E-state index in [4.69, 9.17) is 21.1 Å². The SMILES string of the molecule is CCOCC(Oc1ncnc2c1cnn2-c1ncccc1Cl)C(=O)Nc1ccncn1. The van der Waals surface area contributed by atoms with Crippen LogP contribution in [-0.2, 0) is 9.53 Å². The molecule has 1 atom stereocenters. The maximum atomic E-state index is 12.8. The van der Waals surface area contributed by atoms with Gasteiger partial charge in [-0.05, 0) is 25.1 Å². The fourth-order valence-electron chi connectivity index (χ4n) is 2.70. The number of carbonyl (C=O) groups is 1. The zero-order valence-electron chi connectivity index (χ0n) is 16.3. The molecule has 31 heavy (non-hydrogen) atoms. The molecule has 0 spiro atoms. The first-order valence-electron chi connectivity index (χ1n) is 9.28. The molecule has 4 aromatic rings. The average Bonchev–Trinajstić information content (AvgIpc) is 3.22. The molecule has 0 aliphatic rings. The summed E-state index contributed by atoms with van der Waals surface area (Å²) in [6, 6.07) is 4.99. The van der Waals surface area contributed by atoms with Crippen LogP contribution in [0.25, 0.3) is 16.9 Å². The van der Waals surface area contributed by atoms with E-state index in [1.165, 1.54) is 29.7 Å². The van der Waals surface area contributed by atoms with Crippen molar-refractivity contribution in [2.75, 3.05) is 18.5 Å². The summed E-state index contributed by atoms with van der Waals surface area (Å²) in [7, 11) is 0. The number of halogens is 1. The molecular formula is C19H17ClN8O3. The first-order chi connectivity index (χ1) is 15.2. The normalized spacial score (nSPS) is 11.9. The predicted octanol–water partition coefficient (Wildman–Crippen LogP) is 2.08. The highest BCUT2D eigenvalue weighted by atomic mass is 35.5. The van der Waals surface area contributed by atoms with Crippen LogP contribution in [0.1, 0.15) is 6.92 Å². The van der Waals surface area contributed by atoms with Crippen LogP contribution >= 0.6 is 11.6 Å². The molecule has 0 radical (unpaired) electrons. The number of aromatic nitrogens is 7. The van der Waals surface area contributed by atoms with Gasteiger partial charge in [0, 0.05) is 19.0 Å². The number of amides is 1. The van der Waals surface area contributed by atoms with Gasteiger partial charge in [-0.3, -0.25) is 4.79 Å². The Labute approximate surface area is 181 Å². The Kier molecular flexibility index (Phi) is 6.24. The molecule has 11 nitrogen and oxygen atoms in total. The lowest BCUT2D eigenvalue weighted by molar-refractivity contribution is -0.125. The highest BCUT2D eigenvalue weighted by Gasteiger charge is 2.24. The second-order valence-electron chi connectivity index (χ2n) is 6.13. The summed E-state index contributed by atoms with van der Waals surface area (Å²) < 4.78 is 12.8. The largest absolute Gasteiger partial charge is 0.461 e. The van der Waals surface area contributed by atoms with E-state index < -0.39 is 12.0 Å². The molecule has 0 aliphatic carbocycles. The topological polar surface area (TPSA) is 130 Å². The van der Waals surface area contributed by atoms with E-state index in [-0.39, 0.29) is 12.5 Å². The zero-order valence-corrected chi connectivity index (χ0v) is 17.1. The Bertz CT molecular complexity index is 1190. The standard InChI is InChI=1S/C19H17ClN8O3/c1-2-30-9-14(18(29)27-15-5-7-21-10-23-15)31-19-12-8-26-28(16(12)24-11-25-19)17-13(20)4-3-6-22-17/h3-8,10-11,14H,2,9H2,1H3,(H,21,23,27,29). The van der Waals surface area contributed by atoms with Gasteiger partial charge in [-0.1, -0.05) is 11.6 Å². The maximum absolute atomic E-state index is 12.8. The van der Waals surface area contributed by atoms with Gasteiger partial charge in [-0.2, -0.15) is 9.78 Å². The number of carbonyl (C=O) groups excluding carboxylic acids is 1. The van der Waals surface area contributed by atoms with Gasteiger partial charge in [0.1, 0.15) is 23.9 Å². The van der Waals surface area contributed by atoms with E-state index in [9.17, 15) is 4.79 Å². The van der Waals surface area contributed by atoms with Crippen LogP contribution in [-0.4, -0.2) is 59.9 Å². The summed E-state index contributed by atoms with van der Waals surface area (Å²) in [6.07, 6.45) is 6.30. The Morgan fingerprint density at radius 3 is 2.87 bits per heavy atom. The number of nitrogens with zero attached hydrogens (tertiary/aromatic N) is 7. The number of fused-ring (bicyclic) bond motifs is 1. The third kappa shape index (κ3) is 4.57. The van der Waals surface area contributed by atoms with Gasteiger partial charge in [0.15, 0.2) is 11.5 Å². The van der Waals surface area contributed by atoms with Gasteiger partial charge in [0.05, 0.1) is 17.8 Å². The summed E-state index contributed by atoms with van der Waals surface area (Å²) in [5.74, 6) is 0.483. The van der Waals surface area contributed by atoms with Gasteiger partial charge in [0.2, 0.25) is 12.0 Å². The molecule has 0 aliphatic heterocycles. The summed E-state index contributed by atoms with van der Waals surface area (Å²) in [6.45, 7) is 2.25. The number of anilines is 1. The van der Waals surface area contributed by atoms with Crippen molar-refractivity contribution in [3.63, 3.8) is 0 Å². The van der Waals surface area contributed by atoms with Crippen LogP contribution in [0, 0.1) is 0 Å². The van der Waals surface area contributed by atoms with Crippen molar-refractivity contribution in [1.82, 2.24) is 34.7 Å². The minimum absolute atomic E-state index is 0.0130. The second-order valence-corrected chi connectivity index (χ2v) is 6.54. The highest BCUT2D eigenvalue weighted by Crippen LogP contribution is 2.26. The smallest absolute Gasteiger partial charge is 0.269 e. The van der Waals surface area contributed by atoms with Crippen LogP contribution in [0.2, 0.25) is 5.02 Å². The molecule has 158 valence electrons. The third-order valence-electron chi connectivity index (χ3n) is 4.12. The second kappa shape index (κ2) is 9.41. The van der Waals surface area contributed by atoms with Crippen molar-refractivity contribution >= 4 is 34.4 Å². The lowest BCUT2D eigenvalue weighted by Gasteiger charge is -2.18. The summed E-state index contributed by atoms with van der Waals surface area (Å²) in [4.78, 5) is 33.3. The molecule has 1 unspecified atom stereocenters. The molecule has 1 N–H and O–H groups in total. The van der Waals surface area contributed by atoms with Crippen LogP contribution < -0.4 is 10.1 Å². The molecule has 12 heteroatoms. The Hall–Kier alpha value is -3.70. The molecular weight excluding hydrogens is 424 g/mol. The molecule has 4 aromatic heterocycles. The maximum Gasteiger partial charge on any atom is 0.269 e. The van der Waals surface area contributed by atoms with Crippen molar-refractivity contribution in [1.29, 1.82) is 0 Å². The van der Waals surface area contributed by atoms with E-state index in [0.29, 0.717) is 34.3 Å². The number of rotatable bonds is 8. The number of ether oxygens (including phenoxy) is 2. The number of pyridine rings is 1. The Morgan fingerprint density at radius 2 is 2.10 bits per heavy atom. The molecule has 0 bridgehead atoms. The van der Waals surface area contributed by atoms with Gasteiger partial charge in [0.25, 0.3) is 5.91 Å². The van der Waals surface area contributed by atoms with Gasteiger partial charge < -0.3 is 14.8 Å². The fourth-order valence-corrected chi connectivity index (χ4v) is 2.90. The molecule has 1 amide bonds. The minimum atomic E-state index is -0.991. The number of hydrogen-bond donors (Lipinski definition) is 1. The fraction of sp³-hybridized carbons (Fsp3) is 0.211. The number of nitrogens with one attached hydrogen (secondary N) is 1. The first-order valence-corrected chi connectivity index (χ1v) is 9.66. The Morgan fingerprint density at radius 1 is 1.19 bits per heavy atom. The van der Waals surface area contributed by atoms with Gasteiger partial charge in [-0.25, -0.2) is 24.9 Å². The molecule has 4 heterocycles. The molecule has 4 rings (SSSR count). The van der Waals surface area contributed by atoms with E-state index in [2.05, 4.69) is 35.3 Å². The van der Waals surface area contributed by atoms with E-state index in [1.54, 1.807) is 24.4 Å². The van der Waals surface area contributed by atoms with E-state index in [0.717, 1.165) is 0 Å². The van der Waals surface area contributed by atoms with Crippen LogP contribution in [0.15, 0.2) is 49.4 Å². The quantitative estimate of drug-likeness (QED) is 0.437. The molecule has 0 saturated heterocycles. The lowest BCUT2D eigenvalue weighted by Crippen LogP contribution is -2.37. The van der Waals surface area contributed by atoms with Crippen molar-refractivity contribution in [3.8, 4) is 11.7 Å². The molecule has 0 aromatic carbocycles. The van der Waals surface area contributed by atoms with E-state index in [1.807, 2.05) is 6.92 Å². The monoisotopic (exact) mass is 440 g/mol. The molecule has 0 fully saturated rings. The van der Waals surface area contributed by atoms with Crippen LogP contribution in [0.4, 0.5) is 5.82 Å². The third-order valence-corrected chi connectivity index (χ3v) is 4.42. The van der Waals surface area contributed by atoms with Crippen molar-refractivity contribution < 1.29 is 14.3 Å². The van der Waals surface area contributed by atoms with Gasteiger partial charge in [-0.15, -0.1) is 0 Å². The zero-order chi connectivity index (χ0) is 21.6. The van der Waals surface area contributed by atoms with Crippen LogP contribution in [0.3, 0.4) is 0 Å². The summed E-state index contributed by atoms with van der Waals surface area (Å²) in [5, 5.41) is 7.87. The van der Waals surface area contributed by atoms with Crippen molar-refractivity contribution in [3.05, 3.63) is 54.5 Å². The van der Waals surface area contributed by atoms with Gasteiger partial charge >= 0.3 is 0 Å². The predicted molar refractivity (Wildman–Crippen MR) is 111 cm³/mol. The molecule has 0 saturated carbocycles. The minimum Gasteiger partial charge on any atom is -0.461 e. The summed E-state index contributed by atoms with van der Waals surface area (Å²) >= 11 is 6.24. The van der Waals surface area contributed by atoms with Crippen molar-refractivity contribution in [2.24, 2.45) is 0 Å². The van der Waals surface area contributed by atoms with E-state index >= 15 is 0 Å². The lowest BCUT2D eigenvalue weighted by atomic mass is 10.3. The van der Waals surface area contributed by atoms with Crippen molar-refractivity contribution in [2.45, 2.75) is 13.0 Å². The van der Waals surface area contributed by atoms with Crippen LogP contribution in [0.5, 0.6) is 5.88 Å². The first kappa shape index (κ1) is 20.6. The average molecular weight is 441 g/mol. The summed E-state index contributed by atoms with van der Waals surface area (Å²) in [5.41, 5.74) is 0.428.